The fourth-order valence-corrected chi connectivity index (χ4v) is 4.03. The van der Waals surface area contributed by atoms with Gasteiger partial charge in [-0.2, -0.15) is 4.73 Å². The maximum Gasteiger partial charge on any atom is 0.341 e. The predicted octanol–water partition coefficient (Wildman–Crippen LogP) is 1.18. The lowest BCUT2D eigenvalue weighted by atomic mass is 10.0. The molecule has 0 spiro atoms. The van der Waals surface area contributed by atoms with Gasteiger partial charge >= 0.3 is 5.97 Å². The van der Waals surface area contributed by atoms with Crippen LogP contribution in [0.4, 0.5) is 10.1 Å². The highest BCUT2D eigenvalue weighted by molar-refractivity contribution is 5.93. The van der Waals surface area contributed by atoms with Crippen LogP contribution in [0.2, 0.25) is 0 Å². The molecule has 0 radical (unpaired) electrons. The van der Waals surface area contributed by atoms with Crippen LogP contribution >= 0.6 is 0 Å². The number of carboxylic acids is 1. The highest BCUT2D eigenvalue weighted by atomic mass is 19.1. The van der Waals surface area contributed by atoms with Crippen LogP contribution in [-0.2, 0) is 0 Å². The van der Waals surface area contributed by atoms with Gasteiger partial charge in [-0.25, -0.2) is 9.18 Å². The van der Waals surface area contributed by atoms with Crippen LogP contribution in [0.15, 0.2) is 23.1 Å². The summed E-state index contributed by atoms with van der Waals surface area (Å²) in [6.07, 6.45) is 3.09. The van der Waals surface area contributed by atoms with E-state index in [1.807, 2.05) is 0 Å². The van der Waals surface area contributed by atoms with Crippen molar-refractivity contribution in [1.29, 1.82) is 0 Å². The Morgan fingerprint density at radius 2 is 1.96 bits per heavy atom. The molecule has 0 atom stereocenters. The van der Waals surface area contributed by atoms with Gasteiger partial charge in [-0.15, -0.1) is 0 Å². The summed E-state index contributed by atoms with van der Waals surface area (Å²) in [6.45, 7) is 3.63. The third-order valence-corrected chi connectivity index (χ3v) is 5.43. The lowest BCUT2D eigenvalue weighted by Crippen LogP contribution is -2.38. The van der Waals surface area contributed by atoms with Crippen LogP contribution in [0, 0.1) is 5.82 Å². The minimum atomic E-state index is -1.37. The monoisotopic (exact) mass is 361 g/mol. The second kappa shape index (κ2) is 6.28. The quantitative estimate of drug-likeness (QED) is 0.885. The SMILES string of the molecule is COn1cc(C(=O)O)c(=O)c2cc(F)c(N3CCN4CCC3CC4)cc21. The number of halogens is 1. The largest absolute Gasteiger partial charge is 0.477 e. The predicted molar refractivity (Wildman–Crippen MR) is 94.4 cm³/mol. The zero-order valence-electron chi connectivity index (χ0n) is 14.4. The maximum atomic E-state index is 14.9. The molecule has 4 heterocycles. The number of anilines is 1. The number of hydrogen-bond acceptors (Lipinski definition) is 5. The molecule has 138 valence electrons. The molecule has 2 aromatic rings. The zero-order chi connectivity index (χ0) is 18.4. The fourth-order valence-electron chi connectivity index (χ4n) is 4.03. The first kappa shape index (κ1) is 16.8. The van der Waals surface area contributed by atoms with E-state index in [9.17, 15) is 19.1 Å². The normalized spacial score (nSPS) is 22.5. The van der Waals surface area contributed by atoms with Crippen molar-refractivity contribution in [3.63, 3.8) is 0 Å². The van der Waals surface area contributed by atoms with Gasteiger partial charge in [0.15, 0.2) is 0 Å². The van der Waals surface area contributed by atoms with E-state index in [-0.39, 0.29) is 11.4 Å². The summed E-state index contributed by atoms with van der Waals surface area (Å²) >= 11 is 0. The molecule has 0 amide bonds. The molecule has 3 aliphatic heterocycles. The molecule has 7 nitrogen and oxygen atoms in total. The summed E-state index contributed by atoms with van der Waals surface area (Å²) in [4.78, 5) is 33.4. The number of pyridine rings is 1. The van der Waals surface area contributed by atoms with Crippen LogP contribution in [0.25, 0.3) is 10.9 Å². The van der Waals surface area contributed by atoms with Gasteiger partial charge < -0.3 is 19.7 Å². The number of piperidine rings is 1. The van der Waals surface area contributed by atoms with E-state index in [1.54, 1.807) is 6.07 Å². The summed E-state index contributed by atoms with van der Waals surface area (Å²) in [6, 6.07) is 2.99. The van der Waals surface area contributed by atoms with Crippen LogP contribution < -0.4 is 15.2 Å². The van der Waals surface area contributed by atoms with E-state index in [4.69, 9.17) is 4.84 Å². The molecule has 3 aliphatic rings. The Morgan fingerprint density at radius 1 is 1.23 bits per heavy atom. The molecule has 3 saturated heterocycles. The fraction of sp³-hybridized carbons (Fsp3) is 0.444. The molecule has 1 aromatic carbocycles. The molecule has 0 unspecified atom stereocenters. The second-order valence-electron chi connectivity index (χ2n) is 6.77. The highest BCUT2D eigenvalue weighted by Crippen LogP contribution is 2.31. The number of carboxylic acid groups (broad SMARTS) is 1. The Kier molecular flexibility index (Phi) is 4.07. The number of aromatic carboxylic acids is 1. The first-order chi connectivity index (χ1) is 12.5. The van der Waals surface area contributed by atoms with Crippen molar-refractivity contribution in [2.75, 3.05) is 38.2 Å². The number of rotatable bonds is 3. The van der Waals surface area contributed by atoms with Crippen molar-refractivity contribution in [3.05, 3.63) is 39.9 Å². The molecule has 1 N–H and O–H groups in total. The van der Waals surface area contributed by atoms with Gasteiger partial charge in [0.25, 0.3) is 0 Å². The number of hydrogen-bond donors (Lipinski definition) is 1. The second-order valence-corrected chi connectivity index (χ2v) is 6.77. The Balaban J connectivity index is 1.90. The molecule has 8 heteroatoms. The van der Waals surface area contributed by atoms with Crippen molar-refractivity contribution >= 4 is 22.6 Å². The van der Waals surface area contributed by atoms with Crippen LogP contribution in [0.3, 0.4) is 0 Å². The van der Waals surface area contributed by atoms with E-state index >= 15 is 0 Å². The highest BCUT2D eigenvalue weighted by Gasteiger charge is 2.31. The van der Waals surface area contributed by atoms with Gasteiger partial charge in [0.2, 0.25) is 5.43 Å². The Bertz CT molecular complexity index is 934. The van der Waals surface area contributed by atoms with Crippen LogP contribution in [0.1, 0.15) is 23.2 Å². The van der Waals surface area contributed by atoms with Crippen molar-refractivity contribution < 1.29 is 19.1 Å². The summed E-state index contributed by atoms with van der Waals surface area (Å²) in [5.74, 6) is -1.88. The van der Waals surface area contributed by atoms with E-state index < -0.39 is 22.8 Å². The molecule has 26 heavy (non-hydrogen) atoms. The molecule has 5 rings (SSSR count). The molecule has 0 aliphatic carbocycles. The van der Waals surface area contributed by atoms with Crippen molar-refractivity contribution in [2.45, 2.75) is 18.9 Å². The number of aromatic nitrogens is 1. The number of carbonyl (C=O) groups is 1. The van der Waals surface area contributed by atoms with E-state index in [1.165, 1.54) is 11.8 Å². The van der Waals surface area contributed by atoms with Crippen molar-refractivity contribution in [1.82, 2.24) is 9.63 Å². The topological polar surface area (TPSA) is 75.0 Å². The van der Waals surface area contributed by atoms with Gasteiger partial charge in [-0.1, -0.05) is 0 Å². The van der Waals surface area contributed by atoms with E-state index in [0.29, 0.717) is 11.2 Å². The van der Waals surface area contributed by atoms with Gasteiger partial charge in [-0.3, -0.25) is 4.79 Å². The van der Waals surface area contributed by atoms with Crippen LogP contribution in [-0.4, -0.2) is 60.0 Å². The summed E-state index contributed by atoms with van der Waals surface area (Å²) in [5, 5.41) is 9.20. The molecule has 0 saturated carbocycles. The van der Waals surface area contributed by atoms with E-state index in [0.717, 1.165) is 51.3 Å². The molecular formula is C18H20FN3O4. The van der Waals surface area contributed by atoms with Gasteiger partial charge in [0, 0.05) is 32.2 Å². The maximum absolute atomic E-state index is 14.9. The third kappa shape index (κ3) is 2.61. The smallest absolute Gasteiger partial charge is 0.341 e. The third-order valence-electron chi connectivity index (χ3n) is 5.43. The molecule has 2 bridgehead atoms. The zero-order valence-corrected chi connectivity index (χ0v) is 14.4. The number of nitrogens with zero attached hydrogens (tertiary/aromatic N) is 3. The molecule has 1 aromatic heterocycles. The Morgan fingerprint density at radius 3 is 2.62 bits per heavy atom. The molecule has 3 fully saturated rings. The number of benzene rings is 1. The average molecular weight is 361 g/mol. The lowest BCUT2D eigenvalue weighted by Gasteiger charge is -2.33. The molecular weight excluding hydrogens is 341 g/mol. The van der Waals surface area contributed by atoms with Crippen molar-refractivity contribution in [2.24, 2.45) is 0 Å². The van der Waals surface area contributed by atoms with Crippen LogP contribution in [0.5, 0.6) is 0 Å². The Labute approximate surface area is 149 Å². The first-order valence-electron chi connectivity index (χ1n) is 8.65. The van der Waals surface area contributed by atoms with Gasteiger partial charge in [0.05, 0.1) is 22.8 Å². The van der Waals surface area contributed by atoms with Gasteiger partial charge in [-0.05, 0) is 25.0 Å². The summed E-state index contributed by atoms with van der Waals surface area (Å²) in [7, 11) is 1.37. The minimum absolute atomic E-state index is 0.00382. The summed E-state index contributed by atoms with van der Waals surface area (Å²) < 4.78 is 16.1. The summed E-state index contributed by atoms with van der Waals surface area (Å²) in [5.41, 5.74) is -0.376. The number of fused-ring (bicyclic) bond motifs is 5. The average Bonchev–Trinajstić information content (AvgIpc) is 2.95. The van der Waals surface area contributed by atoms with Gasteiger partial charge in [0.1, 0.15) is 18.5 Å². The van der Waals surface area contributed by atoms with E-state index in [2.05, 4.69) is 9.80 Å². The van der Waals surface area contributed by atoms with Crippen molar-refractivity contribution in [3.8, 4) is 0 Å². The Hall–Kier alpha value is -2.61. The lowest BCUT2D eigenvalue weighted by molar-refractivity contribution is 0.0691. The standard InChI is InChI=1S/C18H20FN3O4/c1-26-22-10-13(18(24)25)17(23)12-8-14(19)16(9-15(12)22)21-7-6-20-4-2-11(21)3-5-20/h8-11H,2-7H2,1H3,(H,24,25). The first-order valence-corrected chi connectivity index (χ1v) is 8.65. The minimum Gasteiger partial charge on any atom is -0.477 e.